The van der Waals surface area contributed by atoms with Gasteiger partial charge in [0, 0.05) is 18.5 Å². The summed E-state index contributed by atoms with van der Waals surface area (Å²) in [5, 5.41) is 3.32. The smallest absolute Gasteiger partial charge is 0.380 e. The molecule has 4 fully saturated rings. The fraction of sp³-hybridized carbons (Fsp3) is 0.857. The monoisotopic (exact) mass is 656 g/mol. The highest BCUT2D eigenvalue weighted by atomic mass is 32.2. The van der Waals surface area contributed by atoms with E-state index in [0.717, 1.165) is 57.9 Å². The summed E-state index contributed by atoms with van der Waals surface area (Å²) in [6, 6.07) is 0. The van der Waals surface area contributed by atoms with Crippen molar-refractivity contribution in [3.8, 4) is 0 Å². The van der Waals surface area contributed by atoms with Gasteiger partial charge in [-0.3, -0.25) is 4.79 Å². The first kappa shape index (κ1) is 34.8. The van der Waals surface area contributed by atoms with E-state index in [1.54, 1.807) is 6.08 Å². The Morgan fingerprint density at radius 3 is 2.27 bits per heavy atom. The molecule has 9 atom stereocenters. The summed E-state index contributed by atoms with van der Waals surface area (Å²) in [5.74, 6) is 1.35. The third-order valence-electron chi connectivity index (χ3n) is 14.3. The molecule has 45 heavy (non-hydrogen) atoms. The maximum absolute atomic E-state index is 14.1. The minimum atomic E-state index is -5.74. The Hall–Kier alpha value is -1.55. The Labute approximate surface area is 269 Å². The second-order valence-corrected chi connectivity index (χ2v) is 18.4. The number of halogens is 3. The zero-order valence-corrected chi connectivity index (χ0v) is 29.4. The van der Waals surface area contributed by atoms with Crippen LogP contribution in [0.5, 0.6) is 0 Å². The van der Waals surface area contributed by atoms with Crippen LogP contribution in [0.1, 0.15) is 99.3 Å². The number of carbonyl (C=O) groups is 1. The first-order valence-corrected chi connectivity index (χ1v) is 18.3. The number of hydrogen-bond acceptors (Lipinski definition) is 5. The average molecular weight is 657 g/mol. The van der Waals surface area contributed by atoms with E-state index in [9.17, 15) is 26.4 Å². The van der Waals surface area contributed by atoms with Crippen LogP contribution >= 0.6 is 0 Å². The average Bonchev–Trinajstić information content (AvgIpc) is 3.31. The van der Waals surface area contributed by atoms with Crippen molar-refractivity contribution < 1.29 is 30.6 Å². The molecule has 4 saturated carbocycles. The molecule has 10 heteroatoms. The van der Waals surface area contributed by atoms with Crippen molar-refractivity contribution in [2.45, 2.75) is 105 Å². The molecule has 0 aromatic rings. The molecule has 1 unspecified atom stereocenters. The van der Waals surface area contributed by atoms with Gasteiger partial charge >= 0.3 is 15.6 Å². The highest BCUT2D eigenvalue weighted by Crippen LogP contribution is 2.77. The highest BCUT2D eigenvalue weighted by molar-refractivity contribution is 7.87. The summed E-state index contributed by atoms with van der Waals surface area (Å²) in [4.78, 5) is 16.2. The number of alkyl halides is 3. The Morgan fingerprint density at radius 2 is 1.67 bits per heavy atom. The number of allylic oxidation sites excluding steroid dienone is 3. The van der Waals surface area contributed by atoms with Crippen molar-refractivity contribution in [2.24, 2.45) is 56.7 Å². The number of hydrogen-bond donors (Lipinski definition) is 1. The minimum absolute atomic E-state index is 0.00965. The second-order valence-electron chi connectivity index (χ2n) is 16.9. The number of nitrogens with zero attached hydrogens (tertiary/aromatic N) is 1. The molecule has 0 heterocycles. The zero-order chi connectivity index (χ0) is 33.6. The van der Waals surface area contributed by atoms with E-state index in [0.29, 0.717) is 30.7 Å². The molecule has 5 rings (SSSR count). The lowest BCUT2D eigenvalue weighted by molar-refractivity contribution is -0.228. The van der Waals surface area contributed by atoms with Gasteiger partial charge in [0.05, 0.1) is 5.41 Å². The van der Waals surface area contributed by atoms with Gasteiger partial charge in [-0.05, 0) is 131 Å². The van der Waals surface area contributed by atoms with Crippen LogP contribution in [-0.4, -0.2) is 51.9 Å². The quantitative estimate of drug-likeness (QED) is 0.173. The Kier molecular flexibility index (Phi) is 8.50. The number of nitrogens with one attached hydrogen (secondary N) is 1. The van der Waals surface area contributed by atoms with Crippen LogP contribution in [0.3, 0.4) is 0 Å². The van der Waals surface area contributed by atoms with E-state index in [2.05, 4.69) is 44.5 Å². The van der Waals surface area contributed by atoms with Crippen molar-refractivity contribution in [2.75, 3.05) is 27.2 Å². The van der Waals surface area contributed by atoms with Crippen LogP contribution in [0.15, 0.2) is 24.0 Å². The van der Waals surface area contributed by atoms with Gasteiger partial charge in [0.2, 0.25) is 5.91 Å². The molecule has 0 radical (unpaired) electrons. The molecule has 1 amide bonds. The summed E-state index contributed by atoms with van der Waals surface area (Å²) >= 11 is 0. The Balaban J connectivity index is 1.48. The molecular formula is C35H55F3N2O4S. The predicted octanol–water partition coefficient (Wildman–Crippen LogP) is 7.68. The SMILES string of the molecule is C=C(C)[C@@H]1CC[C@]2(C(=O)NCCN(C)C)CC[C@]3(C)[C@H](CCC4[C@@]5(C)CC=C(OS(=O)(=O)C(F)(F)F)C(C)(C)[C@@H]5CC[C@]43C)[C@@H]12. The summed E-state index contributed by atoms with van der Waals surface area (Å²) in [6.07, 6.45) is 9.56. The van der Waals surface area contributed by atoms with Crippen LogP contribution in [0.2, 0.25) is 0 Å². The molecular weight excluding hydrogens is 601 g/mol. The third kappa shape index (κ3) is 5.04. The second kappa shape index (κ2) is 11.0. The van der Waals surface area contributed by atoms with Gasteiger partial charge in [0.25, 0.3) is 0 Å². The molecule has 256 valence electrons. The van der Waals surface area contributed by atoms with Crippen LogP contribution < -0.4 is 5.32 Å². The number of likely N-dealkylation sites (N-methyl/N-ethyl adjacent to an activating group) is 1. The summed E-state index contributed by atoms with van der Waals surface area (Å²) in [7, 11) is -1.71. The molecule has 6 nitrogen and oxygen atoms in total. The highest BCUT2D eigenvalue weighted by Gasteiger charge is 2.71. The van der Waals surface area contributed by atoms with Gasteiger partial charge in [0.15, 0.2) is 0 Å². The lowest BCUT2D eigenvalue weighted by Crippen LogP contribution is -2.66. The number of amides is 1. The van der Waals surface area contributed by atoms with Crippen LogP contribution in [-0.2, 0) is 19.1 Å². The Bertz CT molecular complexity index is 1360. The third-order valence-corrected chi connectivity index (χ3v) is 15.3. The summed E-state index contributed by atoms with van der Waals surface area (Å²) in [5.41, 5.74) is -5.80. The van der Waals surface area contributed by atoms with Crippen molar-refractivity contribution >= 4 is 16.0 Å². The van der Waals surface area contributed by atoms with E-state index in [-0.39, 0.29) is 45.2 Å². The molecule has 0 bridgehead atoms. The van der Waals surface area contributed by atoms with Gasteiger partial charge in [-0.2, -0.15) is 21.6 Å². The number of carbonyl (C=O) groups excluding carboxylic acids is 1. The fourth-order valence-corrected chi connectivity index (χ4v) is 12.6. The Morgan fingerprint density at radius 1 is 1.00 bits per heavy atom. The van der Waals surface area contributed by atoms with Crippen LogP contribution in [0.4, 0.5) is 13.2 Å². The molecule has 5 aliphatic rings. The predicted molar refractivity (Wildman–Crippen MR) is 170 cm³/mol. The number of rotatable bonds is 7. The molecule has 0 aromatic heterocycles. The van der Waals surface area contributed by atoms with E-state index >= 15 is 0 Å². The van der Waals surface area contributed by atoms with Gasteiger partial charge in [-0.1, -0.05) is 46.8 Å². The van der Waals surface area contributed by atoms with Crippen molar-refractivity contribution in [1.29, 1.82) is 0 Å². The molecule has 0 aromatic carbocycles. The molecule has 0 spiro atoms. The van der Waals surface area contributed by atoms with E-state index in [1.165, 1.54) is 5.57 Å². The molecule has 0 aliphatic heterocycles. The van der Waals surface area contributed by atoms with Crippen molar-refractivity contribution in [1.82, 2.24) is 10.2 Å². The van der Waals surface area contributed by atoms with Crippen molar-refractivity contribution in [3.63, 3.8) is 0 Å². The maximum atomic E-state index is 14.1. The topological polar surface area (TPSA) is 75.7 Å². The van der Waals surface area contributed by atoms with Gasteiger partial charge < -0.3 is 14.4 Å². The van der Waals surface area contributed by atoms with Crippen LogP contribution in [0, 0.1) is 56.7 Å². The molecule has 5 aliphatic carbocycles. The van der Waals surface area contributed by atoms with E-state index < -0.39 is 21.0 Å². The number of fused-ring (bicyclic) bond motifs is 7. The van der Waals surface area contributed by atoms with Gasteiger partial charge in [-0.25, -0.2) is 0 Å². The van der Waals surface area contributed by atoms with Crippen molar-refractivity contribution in [3.05, 3.63) is 24.0 Å². The van der Waals surface area contributed by atoms with Gasteiger partial charge in [-0.15, -0.1) is 0 Å². The first-order valence-electron chi connectivity index (χ1n) is 16.9. The lowest BCUT2D eigenvalue weighted by Gasteiger charge is -2.72. The van der Waals surface area contributed by atoms with E-state index in [4.69, 9.17) is 4.18 Å². The van der Waals surface area contributed by atoms with E-state index in [1.807, 2.05) is 27.9 Å². The minimum Gasteiger partial charge on any atom is -0.380 e. The summed E-state index contributed by atoms with van der Waals surface area (Å²) in [6.45, 7) is 18.9. The molecule has 1 N–H and O–H groups in total. The largest absolute Gasteiger partial charge is 0.534 e. The lowest BCUT2D eigenvalue weighted by atomic mass is 9.32. The standard InChI is InChI=1S/C35H55F3N2O4S/c1-22(2)23-12-17-34(29(41)39-20-21-40(8)9)19-18-32(6)24(28(23)34)10-11-26-31(5)15-14-27(44-45(42,43)35(36,37)38)30(3,4)25(31)13-16-33(26,32)7/h14,23-26,28H,1,10-13,15-21H2,2-9H3,(H,39,41)/t23-,24+,25-,26?,28+,31-,32+,33+,34-/m0/s1. The zero-order valence-electron chi connectivity index (χ0n) is 28.6. The molecule has 0 saturated heterocycles. The van der Waals surface area contributed by atoms with Crippen LogP contribution in [0.25, 0.3) is 0 Å². The fourth-order valence-electron chi connectivity index (χ4n) is 12.0. The first-order chi connectivity index (χ1) is 20.6. The normalized spacial score (nSPS) is 42.5. The maximum Gasteiger partial charge on any atom is 0.534 e. The van der Waals surface area contributed by atoms with Gasteiger partial charge in [0.1, 0.15) is 5.76 Å². The summed E-state index contributed by atoms with van der Waals surface area (Å²) < 4.78 is 68.8.